The zero-order valence-corrected chi connectivity index (χ0v) is 12.3. The molecule has 2 aromatic heterocycles. The fourth-order valence-electron chi connectivity index (χ4n) is 1.52. The van der Waals surface area contributed by atoms with Gasteiger partial charge in [0.15, 0.2) is 5.82 Å². The third-order valence-corrected chi connectivity index (χ3v) is 3.55. The molecule has 0 amide bonds. The molecular formula is C12H13IN4O. The zero-order valence-electron chi connectivity index (χ0n) is 10.1. The molecule has 0 atom stereocenters. The molecule has 94 valence electrons. The van der Waals surface area contributed by atoms with E-state index in [1.54, 1.807) is 13.3 Å². The summed E-state index contributed by atoms with van der Waals surface area (Å²) in [6, 6.07) is 3.86. The Hall–Kier alpha value is -1.28. The summed E-state index contributed by atoms with van der Waals surface area (Å²) in [5.74, 6) is 0.986. The van der Waals surface area contributed by atoms with Gasteiger partial charge in [-0.25, -0.2) is 9.97 Å². The van der Waals surface area contributed by atoms with Crippen LogP contribution in [0.2, 0.25) is 0 Å². The molecule has 0 aromatic carbocycles. The minimum absolute atomic E-state index is 0.407. The summed E-state index contributed by atoms with van der Waals surface area (Å²) in [6.07, 6.45) is 1.73. The van der Waals surface area contributed by atoms with Gasteiger partial charge in [-0.3, -0.25) is 4.98 Å². The first-order valence-corrected chi connectivity index (χ1v) is 6.43. The molecule has 2 heterocycles. The van der Waals surface area contributed by atoms with E-state index in [4.69, 9.17) is 10.5 Å². The molecule has 0 spiro atoms. The fourth-order valence-corrected chi connectivity index (χ4v) is 1.92. The van der Waals surface area contributed by atoms with Crippen molar-refractivity contribution >= 4 is 28.4 Å². The number of hydrogen-bond donors (Lipinski definition) is 1. The number of rotatable bonds is 3. The highest BCUT2D eigenvalue weighted by molar-refractivity contribution is 14.1. The van der Waals surface area contributed by atoms with Crippen molar-refractivity contribution < 1.29 is 4.74 Å². The molecule has 0 unspecified atom stereocenters. The lowest BCUT2D eigenvalue weighted by Crippen LogP contribution is -2.06. The number of anilines is 1. The Balaban J connectivity index is 2.51. The minimum Gasteiger partial charge on any atom is -0.383 e. The quantitative estimate of drug-likeness (QED) is 0.854. The molecule has 0 fully saturated rings. The molecular weight excluding hydrogens is 343 g/mol. The molecule has 6 heteroatoms. The van der Waals surface area contributed by atoms with Gasteiger partial charge in [0.05, 0.1) is 15.9 Å². The summed E-state index contributed by atoms with van der Waals surface area (Å²) in [5.41, 5.74) is 8.49. The number of methoxy groups -OCH3 is 1. The maximum atomic E-state index is 5.89. The van der Waals surface area contributed by atoms with Gasteiger partial charge in [0.2, 0.25) is 0 Å². The molecule has 0 saturated heterocycles. The van der Waals surface area contributed by atoms with Crippen molar-refractivity contribution in [2.24, 2.45) is 0 Å². The second-order valence-electron chi connectivity index (χ2n) is 3.84. The van der Waals surface area contributed by atoms with Crippen molar-refractivity contribution in [1.82, 2.24) is 15.0 Å². The van der Waals surface area contributed by atoms with Crippen molar-refractivity contribution in [2.45, 2.75) is 13.5 Å². The van der Waals surface area contributed by atoms with Gasteiger partial charge in [-0.15, -0.1) is 0 Å². The number of nitrogens with zero attached hydrogens (tertiary/aromatic N) is 3. The standard InChI is InChI=1S/C12H13IN4O/c1-7-3-4-15-8(5-7)12-16-9(6-18-2)10(13)11(14)17-12/h3-5H,6H2,1-2H3,(H2,14,16,17). The van der Waals surface area contributed by atoms with Gasteiger partial charge >= 0.3 is 0 Å². The predicted octanol–water partition coefficient (Wildman–Crippen LogP) is 2.18. The topological polar surface area (TPSA) is 73.9 Å². The molecule has 0 saturated carbocycles. The van der Waals surface area contributed by atoms with E-state index in [-0.39, 0.29) is 0 Å². The van der Waals surface area contributed by atoms with Crippen LogP contribution in [0.5, 0.6) is 0 Å². The summed E-state index contributed by atoms with van der Waals surface area (Å²) >= 11 is 2.12. The average Bonchev–Trinajstić information content (AvgIpc) is 2.35. The third kappa shape index (κ3) is 2.75. The SMILES string of the molecule is COCc1nc(-c2cc(C)ccn2)nc(N)c1I. The van der Waals surface area contributed by atoms with Crippen molar-refractivity contribution in [3.63, 3.8) is 0 Å². The molecule has 0 aliphatic rings. The summed E-state index contributed by atoms with van der Waals surface area (Å²) in [6.45, 7) is 2.40. The van der Waals surface area contributed by atoms with Crippen molar-refractivity contribution in [1.29, 1.82) is 0 Å². The van der Waals surface area contributed by atoms with Crippen LogP contribution in [0.15, 0.2) is 18.3 Å². The summed E-state index contributed by atoms with van der Waals surface area (Å²) in [7, 11) is 1.62. The van der Waals surface area contributed by atoms with Crippen LogP contribution in [0.1, 0.15) is 11.3 Å². The maximum absolute atomic E-state index is 5.89. The van der Waals surface area contributed by atoms with Crippen molar-refractivity contribution in [2.75, 3.05) is 12.8 Å². The molecule has 0 bridgehead atoms. The average molecular weight is 356 g/mol. The van der Waals surface area contributed by atoms with Crippen LogP contribution in [0.4, 0.5) is 5.82 Å². The van der Waals surface area contributed by atoms with E-state index < -0.39 is 0 Å². The number of aryl methyl sites for hydroxylation is 1. The number of aromatic nitrogens is 3. The highest BCUT2D eigenvalue weighted by atomic mass is 127. The second-order valence-corrected chi connectivity index (χ2v) is 4.92. The van der Waals surface area contributed by atoms with E-state index in [0.717, 1.165) is 20.5 Å². The van der Waals surface area contributed by atoms with Crippen LogP contribution < -0.4 is 5.73 Å². The number of pyridine rings is 1. The highest BCUT2D eigenvalue weighted by Gasteiger charge is 2.12. The first-order valence-electron chi connectivity index (χ1n) is 5.35. The van der Waals surface area contributed by atoms with Gasteiger partial charge < -0.3 is 10.5 Å². The lowest BCUT2D eigenvalue weighted by atomic mass is 10.2. The van der Waals surface area contributed by atoms with E-state index in [1.807, 2.05) is 19.1 Å². The molecule has 0 radical (unpaired) electrons. The van der Waals surface area contributed by atoms with E-state index in [0.29, 0.717) is 18.2 Å². The van der Waals surface area contributed by atoms with Gasteiger partial charge in [0, 0.05) is 13.3 Å². The number of nitrogen functional groups attached to an aromatic ring is 1. The first kappa shape index (κ1) is 13.2. The normalized spacial score (nSPS) is 10.6. The maximum Gasteiger partial charge on any atom is 0.180 e. The van der Waals surface area contributed by atoms with Crippen LogP contribution in [-0.4, -0.2) is 22.1 Å². The zero-order chi connectivity index (χ0) is 13.1. The van der Waals surface area contributed by atoms with Crippen LogP contribution in [0, 0.1) is 10.5 Å². The monoisotopic (exact) mass is 356 g/mol. The molecule has 2 aromatic rings. The number of nitrogens with two attached hydrogens (primary N) is 1. The van der Waals surface area contributed by atoms with Gasteiger partial charge in [0.25, 0.3) is 0 Å². The highest BCUT2D eigenvalue weighted by Crippen LogP contribution is 2.21. The van der Waals surface area contributed by atoms with Crippen LogP contribution >= 0.6 is 22.6 Å². The molecule has 2 N–H and O–H groups in total. The molecule has 0 aliphatic carbocycles. The van der Waals surface area contributed by atoms with E-state index in [9.17, 15) is 0 Å². The number of halogens is 1. The molecule has 5 nitrogen and oxygen atoms in total. The Bertz CT molecular complexity index is 574. The molecule has 2 rings (SSSR count). The largest absolute Gasteiger partial charge is 0.383 e. The summed E-state index contributed by atoms with van der Waals surface area (Å²) in [5, 5.41) is 0. The fraction of sp³-hybridized carbons (Fsp3) is 0.250. The van der Waals surface area contributed by atoms with Gasteiger partial charge in [-0.2, -0.15) is 0 Å². The lowest BCUT2D eigenvalue weighted by Gasteiger charge is -2.08. The first-order chi connectivity index (χ1) is 8.61. The van der Waals surface area contributed by atoms with Crippen LogP contribution in [0.3, 0.4) is 0 Å². The van der Waals surface area contributed by atoms with Gasteiger partial charge in [0.1, 0.15) is 11.5 Å². The van der Waals surface area contributed by atoms with E-state index >= 15 is 0 Å². The van der Waals surface area contributed by atoms with E-state index in [2.05, 4.69) is 37.5 Å². The Labute approximate surface area is 119 Å². The van der Waals surface area contributed by atoms with Crippen LogP contribution in [0.25, 0.3) is 11.5 Å². The minimum atomic E-state index is 0.407. The Morgan fingerprint density at radius 1 is 1.39 bits per heavy atom. The van der Waals surface area contributed by atoms with Gasteiger partial charge in [-0.1, -0.05) is 0 Å². The summed E-state index contributed by atoms with van der Waals surface area (Å²) in [4.78, 5) is 13.0. The summed E-state index contributed by atoms with van der Waals surface area (Å²) < 4.78 is 5.93. The van der Waals surface area contributed by atoms with Gasteiger partial charge in [-0.05, 0) is 47.2 Å². The lowest BCUT2D eigenvalue weighted by molar-refractivity contribution is 0.181. The van der Waals surface area contributed by atoms with Crippen molar-refractivity contribution in [3.8, 4) is 11.5 Å². The molecule has 0 aliphatic heterocycles. The Morgan fingerprint density at radius 2 is 2.17 bits per heavy atom. The van der Waals surface area contributed by atoms with E-state index in [1.165, 1.54) is 0 Å². The number of ether oxygens (including phenoxy) is 1. The molecule has 18 heavy (non-hydrogen) atoms. The Morgan fingerprint density at radius 3 is 2.83 bits per heavy atom. The second kappa shape index (κ2) is 5.57. The third-order valence-electron chi connectivity index (χ3n) is 2.37. The number of hydrogen-bond acceptors (Lipinski definition) is 5. The smallest absolute Gasteiger partial charge is 0.180 e. The van der Waals surface area contributed by atoms with Crippen LogP contribution in [-0.2, 0) is 11.3 Å². The van der Waals surface area contributed by atoms with Crippen molar-refractivity contribution in [3.05, 3.63) is 33.2 Å². The Kier molecular flexibility index (Phi) is 4.07. The predicted molar refractivity (Wildman–Crippen MR) is 77.8 cm³/mol.